The van der Waals surface area contributed by atoms with Crippen LogP contribution in [0.1, 0.15) is 121 Å². The lowest BCUT2D eigenvalue weighted by atomic mass is 9.98. The van der Waals surface area contributed by atoms with Crippen molar-refractivity contribution in [2.75, 3.05) is 13.1 Å². The van der Waals surface area contributed by atoms with Crippen molar-refractivity contribution in [1.82, 2.24) is 34.3 Å². The Morgan fingerprint density at radius 1 is 0.754 bits per heavy atom. The molecule has 6 N–H and O–H groups in total. The third-order valence-electron chi connectivity index (χ3n) is 14.1. The van der Waals surface area contributed by atoms with Gasteiger partial charge in [0, 0.05) is 35.2 Å². The predicted molar refractivity (Wildman–Crippen MR) is 248 cm³/mol. The number of nitrogens with one attached hydrogen (secondary N) is 2. The highest BCUT2D eigenvalue weighted by molar-refractivity contribution is 5.93. The van der Waals surface area contributed by atoms with Gasteiger partial charge in [0.1, 0.15) is 29.0 Å². The maximum absolute atomic E-state index is 16.9. The summed E-state index contributed by atoms with van der Waals surface area (Å²) in [7, 11) is 0. The summed E-state index contributed by atoms with van der Waals surface area (Å²) < 4.78 is 32.5. The number of fused-ring (bicyclic) bond motifs is 5. The quantitative estimate of drug-likeness (QED) is 0.0997. The fraction of sp³-hybridized carbons (Fsp3) is 0.451. The summed E-state index contributed by atoms with van der Waals surface area (Å²) in [5.41, 5.74) is 18.3. The highest BCUT2D eigenvalue weighted by atomic mass is 19.1. The summed E-state index contributed by atoms with van der Waals surface area (Å²) in [6.45, 7) is 9.10. The van der Waals surface area contributed by atoms with Crippen LogP contribution >= 0.6 is 0 Å². The van der Waals surface area contributed by atoms with Crippen LogP contribution in [0.2, 0.25) is 0 Å². The third kappa shape index (κ3) is 7.98. The maximum Gasteiger partial charge on any atom is 0.240 e. The Morgan fingerprint density at radius 2 is 1.38 bits per heavy atom. The molecule has 4 aliphatic rings. The average molecular weight is 882 g/mol. The fourth-order valence-electron chi connectivity index (χ4n) is 10.3. The van der Waals surface area contributed by atoms with E-state index in [0.717, 1.165) is 90.7 Å². The van der Waals surface area contributed by atoms with Crippen LogP contribution in [0.15, 0.2) is 73.1 Å². The summed E-state index contributed by atoms with van der Waals surface area (Å²) in [5, 5.41) is 0.903. The first-order valence-electron chi connectivity index (χ1n) is 23.6. The standard InChI is InChI=1S/C51H60FN9O4/c1-28(2)45(53)49(62)59-19-9-15-40(59)47-55-26-37(57-47)30-17-18-39-33(21-30)24-42-44-36(52)23-32(38-27-56-48(58-38)41-16-10-20-60(41)50(63)46(54)29(3)4)25-43(44)65-51(61(39)42)31-11-8-14-35(22-31)64-34-12-6-5-7-13-34/h8,11,14,17-18,21-29,34,40-41,45-46,51H,5-7,9-10,12-13,15-16,19-20,53-54H2,1-4H3,(H,55,57)(H,56,58). The van der Waals surface area contributed by atoms with Crippen LogP contribution in [0.25, 0.3) is 44.7 Å². The number of ether oxygens (including phenoxy) is 2. The predicted octanol–water partition coefficient (Wildman–Crippen LogP) is 9.17. The number of H-pyrrole nitrogens is 2. The molecule has 6 aromatic rings. The Hall–Kier alpha value is -5.99. The van der Waals surface area contributed by atoms with Crippen molar-refractivity contribution in [3.05, 3.63) is 96.1 Å². The second-order valence-electron chi connectivity index (χ2n) is 19.2. The van der Waals surface area contributed by atoms with Gasteiger partial charge in [0.2, 0.25) is 18.0 Å². The van der Waals surface area contributed by atoms with Gasteiger partial charge in [0.25, 0.3) is 0 Å². The Kier molecular flexibility index (Phi) is 11.5. The van der Waals surface area contributed by atoms with Crippen LogP contribution in [0, 0.1) is 17.7 Å². The Balaban J connectivity index is 1.01. The number of halogens is 1. The summed E-state index contributed by atoms with van der Waals surface area (Å²) in [6.07, 6.45) is 12.0. The SMILES string of the molecule is CC(C)C(N)C(=O)N1CCCC1c1ncc(-c2cc(F)c3c(c2)OC(c2cccc(OC4CCCCC4)c2)n2c-3cc3cc(-c4cnc(C5CCCN5C(=O)C(N)C(C)C)[nH]4)ccc32)[nH]1. The number of carbonyl (C=O) groups is 2. The van der Waals surface area contributed by atoms with Crippen molar-refractivity contribution in [2.24, 2.45) is 23.3 Å². The molecule has 65 heavy (non-hydrogen) atoms. The molecule has 340 valence electrons. The van der Waals surface area contributed by atoms with Gasteiger partial charge in [0.15, 0.2) is 0 Å². The van der Waals surface area contributed by atoms with Crippen molar-refractivity contribution in [3.8, 4) is 45.3 Å². The molecular formula is C51H60FN9O4. The molecule has 3 aliphatic heterocycles. The minimum atomic E-state index is -0.646. The highest BCUT2D eigenvalue weighted by Gasteiger charge is 2.38. The number of aromatic nitrogens is 5. The number of amides is 2. The number of carbonyl (C=O) groups excluding carboxylic acids is 2. The largest absolute Gasteiger partial charge is 0.490 e. The normalized spacial score (nSPS) is 20.9. The van der Waals surface area contributed by atoms with E-state index in [1.54, 1.807) is 6.20 Å². The van der Waals surface area contributed by atoms with Gasteiger partial charge < -0.3 is 45.3 Å². The Morgan fingerprint density at radius 3 is 2.02 bits per heavy atom. The van der Waals surface area contributed by atoms with Gasteiger partial charge in [-0.1, -0.05) is 52.3 Å². The highest BCUT2D eigenvalue weighted by Crippen LogP contribution is 2.48. The molecule has 5 atom stereocenters. The molecular weight excluding hydrogens is 822 g/mol. The zero-order valence-corrected chi connectivity index (χ0v) is 37.7. The minimum absolute atomic E-state index is 0.0115. The number of imidazole rings is 2. The lowest BCUT2D eigenvalue weighted by Gasteiger charge is -2.31. The second kappa shape index (κ2) is 17.4. The summed E-state index contributed by atoms with van der Waals surface area (Å²) in [5.74, 6) is 2.06. The smallest absolute Gasteiger partial charge is 0.240 e. The second-order valence-corrected chi connectivity index (χ2v) is 19.2. The van der Waals surface area contributed by atoms with Crippen molar-refractivity contribution in [3.63, 3.8) is 0 Å². The van der Waals surface area contributed by atoms with E-state index in [0.29, 0.717) is 47.2 Å². The molecule has 1 aliphatic carbocycles. The number of likely N-dealkylation sites (tertiary alicyclic amines) is 2. The van der Waals surface area contributed by atoms with Crippen molar-refractivity contribution in [2.45, 2.75) is 122 Å². The van der Waals surface area contributed by atoms with Gasteiger partial charge in [-0.2, -0.15) is 0 Å². The van der Waals surface area contributed by atoms with E-state index in [9.17, 15) is 9.59 Å². The molecule has 3 aromatic carbocycles. The molecule has 0 bridgehead atoms. The number of aromatic amines is 2. The molecule has 2 saturated heterocycles. The van der Waals surface area contributed by atoms with Gasteiger partial charge in [-0.3, -0.25) is 9.59 Å². The third-order valence-corrected chi connectivity index (χ3v) is 14.1. The van der Waals surface area contributed by atoms with Crippen molar-refractivity contribution < 1.29 is 23.5 Å². The monoisotopic (exact) mass is 881 g/mol. The van der Waals surface area contributed by atoms with Crippen molar-refractivity contribution >= 4 is 22.7 Å². The number of nitrogens with zero attached hydrogens (tertiary/aromatic N) is 5. The molecule has 3 aromatic heterocycles. The summed E-state index contributed by atoms with van der Waals surface area (Å²) >= 11 is 0. The van der Waals surface area contributed by atoms with E-state index in [-0.39, 0.29) is 41.8 Å². The lowest BCUT2D eigenvalue weighted by molar-refractivity contribution is -0.135. The van der Waals surface area contributed by atoms with E-state index >= 15 is 4.39 Å². The zero-order chi connectivity index (χ0) is 45.1. The van der Waals surface area contributed by atoms with Crippen LogP contribution in [0.5, 0.6) is 11.5 Å². The number of nitrogens with two attached hydrogens (primary N) is 2. The van der Waals surface area contributed by atoms with Crippen LogP contribution < -0.4 is 20.9 Å². The maximum atomic E-state index is 16.9. The molecule has 1 saturated carbocycles. The van der Waals surface area contributed by atoms with Gasteiger partial charge >= 0.3 is 0 Å². The minimum Gasteiger partial charge on any atom is -0.490 e. The van der Waals surface area contributed by atoms with Gasteiger partial charge in [0.05, 0.1) is 70.8 Å². The van der Waals surface area contributed by atoms with Crippen LogP contribution in [-0.4, -0.2) is 77.4 Å². The molecule has 13 nitrogen and oxygen atoms in total. The van der Waals surface area contributed by atoms with E-state index in [1.807, 2.05) is 86.2 Å². The van der Waals surface area contributed by atoms with E-state index in [1.165, 1.54) is 12.5 Å². The molecule has 6 heterocycles. The van der Waals surface area contributed by atoms with Crippen LogP contribution in [-0.2, 0) is 9.59 Å². The number of benzene rings is 3. The van der Waals surface area contributed by atoms with Crippen LogP contribution in [0.4, 0.5) is 4.39 Å². The topological polar surface area (TPSA) is 173 Å². The van der Waals surface area contributed by atoms with E-state index in [4.69, 9.17) is 30.9 Å². The van der Waals surface area contributed by atoms with Gasteiger partial charge in [-0.15, -0.1) is 0 Å². The zero-order valence-electron chi connectivity index (χ0n) is 37.7. The van der Waals surface area contributed by atoms with Crippen molar-refractivity contribution in [1.29, 1.82) is 0 Å². The first-order chi connectivity index (χ1) is 31.4. The molecule has 0 radical (unpaired) electrons. The Labute approximate surface area is 379 Å². The number of rotatable bonds is 11. The van der Waals surface area contributed by atoms with Gasteiger partial charge in [-0.05, 0) is 106 Å². The average Bonchev–Trinajstić information content (AvgIpc) is 4.17. The number of hydrogen-bond donors (Lipinski definition) is 4. The molecule has 14 heteroatoms. The first kappa shape index (κ1) is 42.9. The van der Waals surface area contributed by atoms with Crippen LogP contribution in [0.3, 0.4) is 0 Å². The van der Waals surface area contributed by atoms with E-state index in [2.05, 4.69) is 26.7 Å². The van der Waals surface area contributed by atoms with E-state index < -0.39 is 24.1 Å². The summed E-state index contributed by atoms with van der Waals surface area (Å²) in [6, 6.07) is 18.1. The summed E-state index contributed by atoms with van der Waals surface area (Å²) in [4.78, 5) is 46.8. The lowest BCUT2D eigenvalue weighted by Crippen LogP contribution is -2.46. The molecule has 3 fully saturated rings. The molecule has 0 spiro atoms. The molecule has 2 amide bonds. The van der Waals surface area contributed by atoms with Gasteiger partial charge in [-0.25, -0.2) is 14.4 Å². The number of hydrogen-bond acceptors (Lipinski definition) is 8. The molecule has 5 unspecified atom stereocenters. The molecule has 10 rings (SSSR count). The first-order valence-corrected chi connectivity index (χ1v) is 23.6. The fourth-order valence-corrected chi connectivity index (χ4v) is 10.3. The Bertz CT molecular complexity index is 2730.